The molecule has 130 valence electrons. The van der Waals surface area contributed by atoms with E-state index in [-0.39, 0.29) is 0 Å². The summed E-state index contributed by atoms with van der Waals surface area (Å²) in [5.74, 6) is 0. The van der Waals surface area contributed by atoms with Crippen molar-refractivity contribution in [2.45, 2.75) is 32.5 Å². The van der Waals surface area contributed by atoms with E-state index in [0.717, 1.165) is 19.6 Å². The predicted molar refractivity (Wildman–Crippen MR) is 103 cm³/mol. The number of hydrogen-bond acceptors (Lipinski definition) is 5. The summed E-state index contributed by atoms with van der Waals surface area (Å²) in [7, 11) is 6.41. The molecule has 24 heavy (non-hydrogen) atoms. The van der Waals surface area contributed by atoms with Crippen LogP contribution in [0.5, 0.6) is 0 Å². The molecule has 0 aliphatic carbocycles. The lowest BCUT2D eigenvalue weighted by atomic mass is 10.1. The predicted octanol–water partition coefficient (Wildman–Crippen LogP) is 3.44. The fourth-order valence-corrected chi connectivity index (χ4v) is 4.29. The molecule has 1 aliphatic rings. The fraction of sp³-hybridized carbons (Fsp3) is 0.526. The molecule has 0 spiro atoms. The molecule has 1 fully saturated rings. The van der Waals surface area contributed by atoms with E-state index in [9.17, 15) is 0 Å². The molecule has 2 aromatic rings. The van der Waals surface area contributed by atoms with Gasteiger partial charge in [-0.3, -0.25) is 4.90 Å². The zero-order valence-corrected chi connectivity index (χ0v) is 15.9. The quantitative estimate of drug-likeness (QED) is 0.767. The van der Waals surface area contributed by atoms with Crippen LogP contribution >= 0.6 is 11.3 Å². The Morgan fingerprint density at radius 3 is 2.46 bits per heavy atom. The van der Waals surface area contributed by atoms with E-state index in [4.69, 9.17) is 0 Å². The van der Waals surface area contributed by atoms with Gasteiger partial charge in [0.1, 0.15) is 0 Å². The van der Waals surface area contributed by atoms with Gasteiger partial charge in [-0.25, -0.2) is 4.98 Å². The van der Waals surface area contributed by atoms with Gasteiger partial charge in [0.25, 0.3) is 0 Å². The van der Waals surface area contributed by atoms with Crippen LogP contribution < -0.4 is 4.90 Å². The molecule has 1 saturated heterocycles. The van der Waals surface area contributed by atoms with Gasteiger partial charge in [-0.1, -0.05) is 24.3 Å². The minimum Gasteiger partial charge on any atom is -0.348 e. The van der Waals surface area contributed by atoms with Crippen LogP contribution in [0.2, 0.25) is 0 Å². The number of aromatic nitrogens is 1. The third kappa shape index (κ3) is 4.79. The minimum absolute atomic E-state index is 0.962. The van der Waals surface area contributed by atoms with Crippen LogP contribution in [0.15, 0.2) is 30.5 Å². The highest BCUT2D eigenvalue weighted by molar-refractivity contribution is 7.15. The zero-order chi connectivity index (χ0) is 16.9. The molecule has 1 aliphatic heterocycles. The normalized spacial score (nSPS) is 15.0. The van der Waals surface area contributed by atoms with Crippen molar-refractivity contribution in [3.8, 4) is 0 Å². The molecular weight excluding hydrogens is 316 g/mol. The van der Waals surface area contributed by atoms with Crippen molar-refractivity contribution in [1.82, 2.24) is 14.8 Å². The number of nitrogens with zero attached hydrogens (tertiary/aromatic N) is 4. The average molecular weight is 345 g/mol. The Labute approximate surface area is 149 Å². The number of anilines is 1. The Morgan fingerprint density at radius 1 is 1.04 bits per heavy atom. The van der Waals surface area contributed by atoms with Crippen LogP contribution in [0.4, 0.5) is 5.13 Å². The maximum Gasteiger partial charge on any atom is 0.185 e. The van der Waals surface area contributed by atoms with Crippen molar-refractivity contribution in [2.75, 3.05) is 39.1 Å². The second-order valence-electron chi connectivity index (χ2n) is 7.03. The first-order valence-electron chi connectivity index (χ1n) is 8.71. The van der Waals surface area contributed by atoms with E-state index in [1.54, 1.807) is 0 Å². The topological polar surface area (TPSA) is 22.6 Å². The molecule has 0 amide bonds. The highest BCUT2D eigenvalue weighted by Crippen LogP contribution is 2.26. The summed E-state index contributed by atoms with van der Waals surface area (Å²) in [6.07, 6.45) is 4.66. The minimum atomic E-state index is 0.962. The number of benzene rings is 1. The molecule has 0 bridgehead atoms. The van der Waals surface area contributed by atoms with Gasteiger partial charge in [-0.05, 0) is 45.1 Å². The highest BCUT2D eigenvalue weighted by atomic mass is 32.1. The molecule has 1 aromatic carbocycles. The first-order valence-corrected chi connectivity index (χ1v) is 9.52. The first kappa shape index (κ1) is 17.4. The standard InChI is InChI=1S/C19H28N4S/c1-21(2)13-16-7-6-8-17(11-16)14-22(3)15-18-12-20-19(24-18)23-9-4-5-10-23/h6-8,11-12H,4-5,9-10,13-15H2,1-3H3. The van der Waals surface area contributed by atoms with E-state index in [1.807, 2.05) is 11.3 Å². The Bertz CT molecular complexity index is 646. The Hall–Kier alpha value is -1.43. The van der Waals surface area contributed by atoms with Crippen molar-refractivity contribution >= 4 is 16.5 Å². The lowest BCUT2D eigenvalue weighted by Crippen LogP contribution is -2.17. The molecule has 2 heterocycles. The Kier molecular flexibility index (Phi) is 5.87. The summed E-state index contributed by atoms with van der Waals surface area (Å²) in [5, 5.41) is 1.20. The lowest BCUT2D eigenvalue weighted by Gasteiger charge is -2.17. The van der Waals surface area contributed by atoms with Gasteiger partial charge in [0.05, 0.1) is 0 Å². The summed E-state index contributed by atoms with van der Waals surface area (Å²) in [5.41, 5.74) is 2.75. The summed E-state index contributed by atoms with van der Waals surface area (Å²) in [6, 6.07) is 8.91. The third-order valence-corrected chi connectivity index (χ3v) is 5.33. The van der Waals surface area contributed by atoms with Crippen LogP contribution in [0, 0.1) is 0 Å². The second-order valence-corrected chi connectivity index (χ2v) is 8.13. The molecule has 0 radical (unpaired) electrons. The van der Waals surface area contributed by atoms with E-state index in [1.165, 1.54) is 47.1 Å². The molecule has 0 atom stereocenters. The van der Waals surface area contributed by atoms with Crippen LogP contribution in [0.3, 0.4) is 0 Å². The van der Waals surface area contributed by atoms with Crippen molar-refractivity contribution in [1.29, 1.82) is 0 Å². The van der Waals surface area contributed by atoms with E-state index in [2.05, 4.69) is 71.3 Å². The maximum absolute atomic E-state index is 4.62. The van der Waals surface area contributed by atoms with E-state index < -0.39 is 0 Å². The van der Waals surface area contributed by atoms with Gasteiger partial charge in [-0.2, -0.15) is 0 Å². The summed E-state index contributed by atoms with van der Waals surface area (Å²) in [6.45, 7) is 5.26. The average Bonchev–Trinajstić information content (AvgIpc) is 3.17. The molecule has 0 unspecified atom stereocenters. The summed E-state index contributed by atoms with van der Waals surface area (Å²) in [4.78, 5) is 13.0. The van der Waals surface area contributed by atoms with Crippen molar-refractivity contribution in [3.05, 3.63) is 46.5 Å². The van der Waals surface area contributed by atoms with Crippen LogP contribution in [0.25, 0.3) is 0 Å². The molecule has 5 heteroatoms. The number of rotatable bonds is 7. The molecule has 0 saturated carbocycles. The molecule has 3 rings (SSSR count). The molecule has 0 N–H and O–H groups in total. The molecular formula is C19H28N4S. The Morgan fingerprint density at radius 2 is 1.75 bits per heavy atom. The van der Waals surface area contributed by atoms with Gasteiger partial charge in [-0.15, -0.1) is 11.3 Å². The van der Waals surface area contributed by atoms with Gasteiger partial charge in [0.2, 0.25) is 0 Å². The van der Waals surface area contributed by atoms with Crippen LogP contribution in [-0.4, -0.2) is 49.0 Å². The molecule has 1 aromatic heterocycles. The Balaban J connectivity index is 1.56. The van der Waals surface area contributed by atoms with Gasteiger partial charge in [0.15, 0.2) is 5.13 Å². The van der Waals surface area contributed by atoms with Crippen molar-refractivity contribution in [2.24, 2.45) is 0 Å². The second kappa shape index (κ2) is 8.10. The monoisotopic (exact) mass is 344 g/mol. The van der Waals surface area contributed by atoms with Crippen molar-refractivity contribution < 1.29 is 0 Å². The number of thiazole rings is 1. The molecule has 4 nitrogen and oxygen atoms in total. The maximum atomic E-state index is 4.62. The van der Waals surface area contributed by atoms with E-state index >= 15 is 0 Å². The third-order valence-electron chi connectivity index (χ3n) is 4.29. The SMILES string of the molecule is CN(C)Cc1cccc(CN(C)Cc2cnc(N3CCCC3)s2)c1. The first-order chi connectivity index (χ1) is 11.6. The summed E-state index contributed by atoms with van der Waals surface area (Å²) >= 11 is 1.85. The van der Waals surface area contributed by atoms with Gasteiger partial charge in [0, 0.05) is 43.8 Å². The smallest absolute Gasteiger partial charge is 0.185 e. The van der Waals surface area contributed by atoms with Crippen LogP contribution in [-0.2, 0) is 19.6 Å². The van der Waals surface area contributed by atoms with Crippen molar-refractivity contribution in [3.63, 3.8) is 0 Å². The fourth-order valence-electron chi connectivity index (χ4n) is 3.25. The van der Waals surface area contributed by atoms with Gasteiger partial charge < -0.3 is 9.80 Å². The summed E-state index contributed by atoms with van der Waals surface area (Å²) < 4.78 is 0. The van der Waals surface area contributed by atoms with Gasteiger partial charge >= 0.3 is 0 Å². The lowest BCUT2D eigenvalue weighted by molar-refractivity contribution is 0.321. The van der Waals surface area contributed by atoms with Crippen LogP contribution in [0.1, 0.15) is 28.8 Å². The largest absolute Gasteiger partial charge is 0.348 e. The van der Waals surface area contributed by atoms with E-state index in [0.29, 0.717) is 0 Å². The highest BCUT2D eigenvalue weighted by Gasteiger charge is 2.16. The number of hydrogen-bond donors (Lipinski definition) is 0. The zero-order valence-electron chi connectivity index (χ0n) is 15.0.